The highest BCUT2D eigenvalue weighted by molar-refractivity contribution is 4.86. The van der Waals surface area contributed by atoms with E-state index in [-0.39, 0.29) is 0 Å². The second kappa shape index (κ2) is 7.46. The smallest absolute Gasteiger partial charge is 0.0469 e. The van der Waals surface area contributed by atoms with Crippen LogP contribution in [-0.4, -0.2) is 19.3 Å². The van der Waals surface area contributed by atoms with Gasteiger partial charge in [-0.2, -0.15) is 0 Å². The van der Waals surface area contributed by atoms with Crippen LogP contribution in [0.15, 0.2) is 0 Å². The molecule has 1 aliphatic carbocycles. The van der Waals surface area contributed by atoms with Crippen molar-refractivity contribution in [1.82, 2.24) is 5.43 Å². The molecule has 18 heavy (non-hydrogen) atoms. The van der Waals surface area contributed by atoms with Crippen molar-refractivity contribution in [2.75, 3.05) is 13.2 Å². The molecule has 2 fully saturated rings. The minimum Gasteiger partial charge on any atom is -0.381 e. The Hall–Kier alpha value is -0.120. The predicted molar refractivity (Wildman–Crippen MR) is 75.0 cm³/mol. The van der Waals surface area contributed by atoms with Gasteiger partial charge in [0.25, 0.3) is 0 Å². The van der Waals surface area contributed by atoms with Crippen LogP contribution in [0.1, 0.15) is 58.3 Å². The Morgan fingerprint density at radius 3 is 2.22 bits per heavy atom. The first kappa shape index (κ1) is 14.3. The Balaban J connectivity index is 1.81. The molecule has 1 heterocycles. The fourth-order valence-corrected chi connectivity index (χ4v) is 3.98. The third-order valence-electron chi connectivity index (χ3n) is 5.06. The molecule has 3 nitrogen and oxygen atoms in total. The summed E-state index contributed by atoms with van der Waals surface area (Å²) in [6.45, 7) is 4.15. The van der Waals surface area contributed by atoms with Gasteiger partial charge in [-0.25, -0.2) is 0 Å². The molecule has 2 rings (SSSR count). The van der Waals surface area contributed by atoms with Crippen LogP contribution < -0.4 is 11.3 Å². The lowest BCUT2D eigenvalue weighted by Gasteiger charge is -2.39. The van der Waals surface area contributed by atoms with Crippen LogP contribution >= 0.6 is 0 Å². The molecule has 0 radical (unpaired) electrons. The molecule has 3 heteroatoms. The maximum absolute atomic E-state index is 5.84. The standard InChI is InChI=1S/C15H30N2O/c1-2-3-12-4-6-13(7-5-12)15(17-16)14-8-10-18-11-9-14/h12-15,17H,2-11,16H2,1H3. The largest absolute Gasteiger partial charge is 0.381 e. The van der Waals surface area contributed by atoms with Crippen molar-refractivity contribution < 1.29 is 4.74 Å². The van der Waals surface area contributed by atoms with Crippen molar-refractivity contribution >= 4 is 0 Å². The molecule has 0 aromatic rings. The van der Waals surface area contributed by atoms with Crippen LogP contribution in [0.2, 0.25) is 0 Å². The summed E-state index contributed by atoms with van der Waals surface area (Å²) >= 11 is 0. The summed E-state index contributed by atoms with van der Waals surface area (Å²) in [5.74, 6) is 8.35. The zero-order valence-electron chi connectivity index (χ0n) is 11.9. The summed E-state index contributed by atoms with van der Waals surface area (Å²) in [5.41, 5.74) is 3.13. The highest BCUT2D eigenvalue weighted by Gasteiger charge is 2.32. The van der Waals surface area contributed by atoms with Gasteiger partial charge in [0.05, 0.1) is 0 Å². The molecule has 3 N–H and O–H groups in total. The molecule has 0 aromatic heterocycles. The van der Waals surface area contributed by atoms with Crippen molar-refractivity contribution in [3.8, 4) is 0 Å². The third-order valence-corrected chi connectivity index (χ3v) is 5.06. The maximum Gasteiger partial charge on any atom is 0.0469 e. The molecule has 106 valence electrons. The highest BCUT2D eigenvalue weighted by atomic mass is 16.5. The quantitative estimate of drug-likeness (QED) is 0.586. The van der Waals surface area contributed by atoms with Crippen molar-refractivity contribution in [2.24, 2.45) is 23.6 Å². The second-order valence-electron chi connectivity index (χ2n) is 6.21. The Morgan fingerprint density at radius 2 is 1.67 bits per heavy atom. The molecular weight excluding hydrogens is 224 g/mol. The van der Waals surface area contributed by atoms with Gasteiger partial charge in [-0.15, -0.1) is 0 Å². The van der Waals surface area contributed by atoms with Gasteiger partial charge in [-0.05, 0) is 43.4 Å². The molecule has 1 aliphatic heterocycles. The summed E-state index contributed by atoms with van der Waals surface area (Å²) in [4.78, 5) is 0. The van der Waals surface area contributed by atoms with Crippen LogP contribution in [-0.2, 0) is 4.74 Å². The Bertz CT molecular complexity index is 221. The van der Waals surface area contributed by atoms with E-state index in [0.29, 0.717) is 6.04 Å². The molecule has 1 saturated heterocycles. The molecule has 2 aliphatic rings. The number of ether oxygens (including phenoxy) is 1. The molecule has 0 bridgehead atoms. The average Bonchev–Trinajstić information content (AvgIpc) is 2.43. The summed E-state index contributed by atoms with van der Waals surface area (Å²) in [7, 11) is 0. The fourth-order valence-electron chi connectivity index (χ4n) is 3.98. The van der Waals surface area contributed by atoms with Crippen LogP contribution in [0.5, 0.6) is 0 Å². The first-order valence-corrected chi connectivity index (χ1v) is 7.89. The molecule has 1 unspecified atom stereocenters. The number of hydrogen-bond donors (Lipinski definition) is 2. The van der Waals surface area contributed by atoms with Crippen molar-refractivity contribution in [3.05, 3.63) is 0 Å². The van der Waals surface area contributed by atoms with Gasteiger partial charge in [0.15, 0.2) is 0 Å². The summed E-state index contributed by atoms with van der Waals surface area (Å²) in [5, 5.41) is 0. The Kier molecular flexibility index (Phi) is 5.93. The van der Waals surface area contributed by atoms with Gasteiger partial charge in [-0.3, -0.25) is 11.3 Å². The van der Waals surface area contributed by atoms with Gasteiger partial charge in [-0.1, -0.05) is 32.6 Å². The normalized spacial score (nSPS) is 32.3. The molecule has 1 atom stereocenters. The monoisotopic (exact) mass is 254 g/mol. The van der Waals surface area contributed by atoms with Crippen LogP contribution in [0, 0.1) is 17.8 Å². The zero-order valence-corrected chi connectivity index (χ0v) is 11.9. The van der Waals surface area contributed by atoms with Crippen molar-refractivity contribution in [1.29, 1.82) is 0 Å². The second-order valence-corrected chi connectivity index (χ2v) is 6.21. The van der Waals surface area contributed by atoms with E-state index in [4.69, 9.17) is 10.6 Å². The SMILES string of the molecule is CCCC1CCC(C(NN)C2CCOCC2)CC1. The minimum absolute atomic E-state index is 0.525. The first-order chi connectivity index (χ1) is 8.85. The van der Waals surface area contributed by atoms with Crippen molar-refractivity contribution in [2.45, 2.75) is 64.3 Å². The van der Waals surface area contributed by atoms with Crippen LogP contribution in [0.3, 0.4) is 0 Å². The number of hydrogen-bond acceptors (Lipinski definition) is 3. The minimum atomic E-state index is 0.525. The van der Waals surface area contributed by atoms with E-state index in [1.807, 2.05) is 0 Å². The van der Waals surface area contributed by atoms with E-state index in [2.05, 4.69) is 12.3 Å². The lowest BCUT2D eigenvalue weighted by Crippen LogP contribution is -2.48. The lowest BCUT2D eigenvalue weighted by molar-refractivity contribution is 0.0382. The number of hydrazine groups is 1. The van der Waals surface area contributed by atoms with E-state index in [9.17, 15) is 0 Å². The molecule has 0 aromatic carbocycles. The van der Waals surface area contributed by atoms with Crippen molar-refractivity contribution in [3.63, 3.8) is 0 Å². The topological polar surface area (TPSA) is 47.3 Å². The summed E-state index contributed by atoms with van der Waals surface area (Å²) < 4.78 is 5.46. The fraction of sp³-hybridized carbons (Fsp3) is 1.00. The summed E-state index contributed by atoms with van der Waals surface area (Å²) in [6.07, 6.45) is 10.7. The maximum atomic E-state index is 5.84. The van der Waals surface area contributed by atoms with E-state index in [1.54, 1.807) is 0 Å². The molecule has 0 amide bonds. The molecular formula is C15H30N2O. The van der Waals surface area contributed by atoms with Crippen LogP contribution in [0.4, 0.5) is 0 Å². The van der Waals surface area contributed by atoms with Gasteiger partial charge < -0.3 is 4.74 Å². The van der Waals surface area contributed by atoms with E-state index in [0.717, 1.165) is 31.0 Å². The zero-order chi connectivity index (χ0) is 12.8. The predicted octanol–water partition coefficient (Wildman–Crippen LogP) is 2.85. The van der Waals surface area contributed by atoms with E-state index < -0.39 is 0 Å². The van der Waals surface area contributed by atoms with E-state index in [1.165, 1.54) is 51.4 Å². The number of nitrogens with one attached hydrogen (secondary N) is 1. The summed E-state index contributed by atoms with van der Waals surface area (Å²) in [6, 6.07) is 0.525. The molecule has 1 saturated carbocycles. The number of rotatable bonds is 5. The Morgan fingerprint density at radius 1 is 1.06 bits per heavy atom. The van der Waals surface area contributed by atoms with Crippen LogP contribution in [0.25, 0.3) is 0 Å². The average molecular weight is 254 g/mol. The van der Waals surface area contributed by atoms with Gasteiger partial charge in [0, 0.05) is 19.3 Å². The van der Waals surface area contributed by atoms with Gasteiger partial charge >= 0.3 is 0 Å². The van der Waals surface area contributed by atoms with E-state index >= 15 is 0 Å². The lowest BCUT2D eigenvalue weighted by atomic mass is 9.73. The highest BCUT2D eigenvalue weighted by Crippen LogP contribution is 2.36. The van der Waals surface area contributed by atoms with Gasteiger partial charge in [0.2, 0.25) is 0 Å². The first-order valence-electron chi connectivity index (χ1n) is 7.89. The number of nitrogens with two attached hydrogens (primary N) is 1. The van der Waals surface area contributed by atoms with Gasteiger partial charge in [0.1, 0.15) is 0 Å². The Labute approximate surface area is 112 Å². The molecule has 0 spiro atoms. The third kappa shape index (κ3) is 3.69.